The van der Waals surface area contributed by atoms with E-state index in [-0.39, 0.29) is 0 Å². The first-order chi connectivity index (χ1) is 12.1. The average Bonchev–Trinajstić information content (AvgIpc) is 2.64. The Morgan fingerprint density at radius 3 is 2.52 bits per heavy atom. The van der Waals surface area contributed by atoms with Crippen molar-refractivity contribution >= 4 is 5.69 Å². The molecule has 0 aliphatic carbocycles. The zero-order valence-electron chi connectivity index (χ0n) is 15.4. The third kappa shape index (κ3) is 4.33. The molecule has 0 radical (unpaired) electrons. The van der Waals surface area contributed by atoms with Crippen LogP contribution in [0.3, 0.4) is 0 Å². The largest absolute Gasteiger partial charge is 0.497 e. The number of aliphatic hydroxyl groups is 1. The maximum absolute atomic E-state index is 10.7. The summed E-state index contributed by atoms with van der Waals surface area (Å²) in [6.45, 7) is 8.68. The van der Waals surface area contributed by atoms with E-state index in [4.69, 9.17) is 4.74 Å². The Morgan fingerprint density at radius 1 is 1.04 bits per heavy atom. The van der Waals surface area contributed by atoms with E-state index in [1.165, 1.54) is 11.3 Å². The molecule has 1 heterocycles. The Labute approximate surface area is 150 Å². The van der Waals surface area contributed by atoms with Crippen molar-refractivity contribution in [1.29, 1.82) is 0 Å². The van der Waals surface area contributed by atoms with Crippen molar-refractivity contribution in [2.24, 2.45) is 0 Å². The standard InChI is InChI=1S/C21H28N2O2/c1-16-7-8-17(2)20(13-16)21(24)15-22-9-11-23(12-10-22)18-5-4-6-19(14-18)25-3/h4-8,13-14,21,24H,9-12,15H2,1-3H3/t21-/m0/s1. The van der Waals surface area contributed by atoms with Gasteiger partial charge in [0, 0.05) is 44.5 Å². The normalized spacial score (nSPS) is 16.7. The monoisotopic (exact) mass is 340 g/mol. The summed E-state index contributed by atoms with van der Waals surface area (Å²) >= 11 is 0. The van der Waals surface area contributed by atoms with E-state index in [0.717, 1.165) is 43.1 Å². The van der Waals surface area contributed by atoms with Gasteiger partial charge in [0.1, 0.15) is 5.75 Å². The van der Waals surface area contributed by atoms with Gasteiger partial charge in [-0.3, -0.25) is 4.90 Å². The second-order valence-corrected chi connectivity index (χ2v) is 6.86. The molecule has 1 aliphatic rings. The first kappa shape index (κ1) is 17.8. The molecular formula is C21H28N2O2. The lowest BCUT2D eigenvalue weighted by Gasteiger charge is -2.37. The predicted molar refractivity (Wildman–Crippen MR) is 103 cm³/mol. The van der Waals surface area contributed by atoms with Crippen LogP contribution in [0.25, 0.3) is 0 Å². The number of aryl methyl sites for hydroxylation is 2. The number of hydrogen-bond donors (Lipinski definition) is 1. The molecule has 2 aromatic carbocycles. The third-order valence-electron chi connectivity index (χ3n) is 5.02. The molecule has 0 saturated carbocycles. The number of benzene rings is 2. The van der Waals surface area contributed by atoms with Crippen LogP contribution in [-0.2, 0) is 0 Å². The number of ether oxygens (including phenoxy) is 1. The molecule has 0 unspecified atom stereocenters. The minimum atomic E-state index is -0.428. The van der Waals surface area contributed by atoms with Crippen LogP contribution in [0.4, 0.5) is 5.69 Å². The van der Waals surface area contributed by atoms with Crippen molar-refractivity contribution in [3.05, 3.63) is 59.2 Å². The summed E-state index contributed by atoms with van der Waals surface area (Å²) in [6.07, 6.45) is -0.428. The van der Waals surface area contributed by atoms with Crippen molar-refractivity contribution in [2.45, 2.75) is 20.0 Å². The lowest BCUT2D eigenvalue weighted by atomic mass is 10.0. The van der Waals surface area contributed by atoms with Gasteiger partial charge in [0.15, 0.2) is 0 Å². The quantitative estimate of drug-likeness (QED) is 0.907. The van der Waals surface area contributed by atoms with Gasteiger partial charge in [0.25, 0.3) is 0 Å². The van der Waals surface area contributed by atoms with Gasteiger partial charge in [0.2, 0.25) is 0 Å². The highest BCUT2D eigenvalue weighted by molar-refractivity contribution is 5.51. The summed E-state index contributed by atoms with van der Waals surface area (Å²) in [5.74, 6) is 0.894. The summed E-state index contributed by atoms with van der Waals surface area (Å²) in [7, 11) is 1.70. The first-order valence-electron chi connectivity index (χ1n) is 8.93. The van der Waals surface area contributed by atoms with Gasteiger partial charge in [0.05, 0.1) is 13.2 Å². The van der Waals surface area contributed by atoms with Gasteiger partial charge in [-0.1, -0.05) is 29.8 Å². The summed E-state index contributed by atoms with van der Waals surface area (Å²) in [6, 6.07) is 14.5. The molecule has 1 atom stereocenters. The van der Waals surface area contributed by atoms with Crippen LogP contribution in [0.15, 0.2) is 42.5 Å². The predicted octanol–water partition coefficient (Wildman–Crippen LogP) is 3.17. The Balaban J connectivity index is 1.58. The van der Waals surface area contributed by atoms with Crippen molar-refractivity contribution in [2.75, 3.05) is 44.7 Å². The van der Waals surface area contributed by atoms with Crippen LogP contribution in [0.5, 0.6) is 5.75 Å². The average molecular weight is 340 g/mol. The van der Waals surface area contributed by atoms with Gasteiger partial charge in [-0.15, -0.1) is 0 Å². The van der Waals surface area contributed by atoms with E-state index >= 15 is 0 Å². The Kier molecular flexibility index (Phi) is 5.61. The molecule has 1 N–H and O–H groups in total. The molecule has 0 bridgehead atoms. The first-order valence-corrected chi connectivity index (χ1v) is 8.93. The molecule has 1 saturated heterocycles. The van der Waals surface area contributed by atoms with Gasteiger partial charge < -0.3 is 14.7 Å². The van der Waals surface area contributed by atoms with E-state index in [9.17, 15) is 5.11 Å². The minimum absolute atomic E-state index is 0.428. The molecular weight excluding hydrogens is 312 g/mol. The smallest absolute Gasteiger partial charge is 0.120 e. The number of β-amino-alcohol motifs (C(OH)–C–C–N with tert-alkyl or cyclic N) is 1. The number of piperazine rings is 1. The molecule has 0 spiro atoms. The van der Waals surface area contributed by atoms with Gasteiger partial charge >= 0.3 is 0 Å². The Morgan fingerprint density at radius 2 is 1.80 bits per heavy atom. The second-order valence-electron chi connectivity index (χ2n) is 6.86. The highest BCUT2D eigenvalue weighted by atomic mass is 16.5. The molecule has 0 aromatic heterocycles. The fourth-order valence-electron chi connectivity index (χ4n) is 3.46. The van der Waals surface area contributed by atoms with Crippen LogP contribution < -0.4 is 9.64 Å². The molecule has 4 heteroatoms. The van der Waals surface area contributed by atoms with Crippen LogP contribution in [0.2, 0.25) is 0 Å². The maximum Gasteiger partial charge on any atom is 0.120 e. The summed E-state index contributed by atoms with van der Waals surface area (Å²) in [5, 5.41) is 10.7. The molecule has 1 fully saturated rings. The molecule has 0 amide bonds. The number of nitrogens with zero attached hydrogens (tertiary/aromatic N) is 2. The minimum Gasteiger partial charge on any atom is -0.497 e. The van der Waals surface area contributed by atoms with Crippen LogP contribution in [0, 0.1) is 13.8 Å². The van der Waals surface area contributed by atoms with Crippen molar-refractivity contribution in [3.63, 3.8) is 0 Å². The Bertz CT molecular complexity index is 709. The zero-order chi connectivity index (χ0) is 17.8. The topological polar surface area (TPSA) is 35.9 Å². The molecule has 1 aliphatic heterocycles. The van der Waals surface area contributed by atoms with Crippen LogP contribution in [-0.4, -0.2) is 49.8 Å². The number of rotatable bonds is 5. The molecule has 25 heavy (non-hydrogen) atoms. The lowest BCUT2D eigenvalue weighted by Crippen LogP contribution is -2.47. The van der Waals surface area contributed by atoms with E-state index < -0.39 is 6.10 Å². The lowest BCUT2D eigenvalue weighted by molar-refractivity contribution is 0.109. The van der Waals surface area contributed by atoms with Crippen molar-refractivity contribution in [1.82, 2.24) is 4.90 Å². The fourth-order valence-corrected chi connectivity index (χ4v) is 3.46. The molecule has 2 aromatic rings. The van der Waals surface area contributed by atoms with E-state index in [1.807, 2.05) is 12.1 Å². The number of methoxy groups -OCH3 is 1. The number of aliphatic hydroxyl groups excluding tert-OH is 1. The van der Waals surface area contributed by atoms with Gasteiger partial charge in [-0.25, -0.2) is 0 Å². The summed E-state index contributed by atoms with van der Waals surface area (Å²) in [5.41, 5.74) is 4.61. The molecule has 134 valence electrons. The van der Waals surface area contributed by atoms with Gasteiger partial charge in [-0.2, -0.15) is 0 Å². The third-order valence-corrected chi connectivity index (χ3v) is 5.02. The second kappa shape index (κ2) is 7.89. The highest BCUT2D eigenvalue weighted by Gasteiger charge is 2.21. The Hall–Kier alpha value is -2.04. The maximum atomic E-state index is 10.7. The number of hydrogen-bond acceptors (Lipinski definition) is 4. The summed E-state index contributed by atoms with van der Waals surface area (Å²) in [4.78, 5) is 4.73. The van der Waals surface area contributed by atoms with E-state index in [2.05, 4.69) is 54.0 Å². The van der Waals surface area contributed by atoms with Crippen molar-refractivity contribution < 1.29 is 9.84 Å². The van der Waals surface area contributed by atoms with Crippen molar-refractivity contribution in [3.8, 4) is 5.75 Å². The fraction of sp³-hybridized carbons (Fsp3) is 0.429. The SMILES string of the molecule is COc1cccc(N2CCN(C[C@H](O)c3cc(C)ccc3C)CC2)c1. The van der Waals surface area contributed by atoms with E-state index in [0.29, 0.717) is 6.54 Å². The van der Waals surface area contributed by atoms with E-state index in [1.54, 1.807) is 7.11 Å². The zero-order valence-corrected chi connectivity index (χ0v) is 15.4. The molecule has 3 rings (SSSR count). The van der Waals surface area contributed by atoms with Gasteiger partial charge in [-0.05, 0) is 37.1 Å². The van der Waals surface area contributed by atoms with Crippen LogP contribution >= 0.6 is 0 Å². The summed E-state index contributed by atoms with van der Waals surface area (Å²) < 4.78 is 5.32. The van der Waals surface area contributed by atoms with Crippen LogP contribution in [0.1, 0.15) is 22.8 Å². The molecule has 4 nitrogen and oxygen atoms in total. The number of anilines is 1. The highest BCUT2D eigenvalue weighted by Crippen LogP contribution is 2.24.